The van der Waals surface area contributed by atoms with Gasteiger partial charge in [-0.1, -0.05) is 42.5 Å². The molecule has 3 N–H and O–H groups in total. The van der Waals surface area contributed by atoms with Crippen molar-refractivity contribution >= 4 is 16.7 Å². The molecule has 2 aromatic carbocycles. The van der Waals surface area contributed by atoms with Gasteiger partial charge in [-0.25, -0.2) is 5.43 Å². The zero-order chi connectivity index (χ0) is 16.7. The van der Waals surface area contributed by atoms with E-state index in [2.05, 4.69) is 53.3 Å². The molecule has 0 spiro atoms. The molecule has 4 unspecified atom stereocenters. The van der Waals surface area contributed by atoms with Crippen LogP contribution >= 0.6 is 0 Å². The van der Waals surface area contributed by atoms with Crippen molar-refractivity contribution in [3.63, 3.8) is 0 Å². The number of aliphatic hydroxyl groups excluding tert-OH is 1. The number of aliphatic hydroxyl groups is 1. The lowest BCUT2D eigenvalue weighted by Gasteiger charge is -2.37. The second kappa shape index (κ2) is 6.16. The number of carbonyl (C=O) groups excluding carboxylic acids is 1. The van der Waals surface area contributed by atoms with E-state index in [-0.39, 0.29) is 11.9 Å². The summed E-state index contributed by atoms with van der Waals surface area (Å²) in [5, 5.41) is 12.1. The minimum absolute atomic E-state index is 0.158. The first-order valence-electron chi connectivity index (χ1n) is 8.60. The number of piperidine rings is 1. The van der Waals surface area contributed by atoms with Gasteiger partial charge >= 0.3 is 0 Å². The maximum atomic E-state index is 12.2. The fourth-order valence-corrected chi connectivity index (χ4v) is 4.10. The van der Waals surface area contributed by atoms with E-state index in [1.165, 1.54) is 16.3 Å². The maximum absolute atomic E-state index is 12.2. The number of likely N-dealkylation sites (tertiary alicyclic amines) is 1. The molecule has 1 amide bonds. The second-order valence-corrected chi connectivity index (χ2v) is 6.85. The van der Waals surface area contributed by atoms with Gasteiger partial charge in [0.05, 0.1) is 6.04 Å². The van der Waals surface area contributed by atoms with Crippen LogP contribution in [0, 0.1) is 5.92 Å². The Balaban J connectivity index is 1.65. The Labute approximate surface area is 141 Å². The van der Waals surface area contributed by atoms with Gasteiger partial charge < -0.3 is 10.0 Å². The summed E-state index contributed by atoms with van der Waals surface area (Å²) in [5.41, 5.74) is 8.12. The summed E-state index contributed by atoms with van der Waals surface area (Å²) in [7, 11) is 0. The molecule has 24 heavy (non-hydrogen) atoms. The van der Waals surface area contributed by atoms with Crippen LogP contribution in [0.3, 0.4) is 0 Å². The molecule has 2 aliphatic heterocycles. The number of carbonyl (C=O) groups is 1. The molecule has 2 aromatic rings. The Bertz CT molecular complexity index is 756. The van der Waals surface area contributed by atoms with Gasteiger partial charge in [-0.3, -0.25) is 10.2 Å². The summed E-state index contributed by atoms with van der Waals surface area (Å²) < 4.78 is 0. The molecule has 4 atom stereocenters. The quantitative estimate of drug-likeness (QED) is 0.784. The topological polar surface area (TPSA) is 64.6 Å². The summed E-state index contributed by atoms with van der Waals surface area (Å²) in [6, 6.07) is 15.3. The summed E-state index contributed by atoms with van der Waals surface area (Å²) in [4.78, 5) is 14.0. The predicted molar refractivity (Wildman–Crippen MR) is 93.1 cm³/mol. The smallest absolute Gasteiger partial charge is 0.251 e. The number of rotatable bonds is 2. The van der Waals surface area contributed by atoms with Crippen LogP contribution in [-0.2, 0) is 4.79 Å². The lowest BCUT2D eigenvalue weighted by atomic mass is 9.83. The highest BCUT2D eigenvalue weighted by Gasteiger charge is 2.42. The van der Waals surface area contributed by atoms with E-state index in [9.17, 15) is 9.90 Å². The first-order chi connectivity index (χ1) is 11.6. The fraction of sp³-hybridized carbons (Fsp3) is 0.421. The van der Waals surface area contributed by atoms with Gasteiger partial charge in [0.15, 0.2) is 0 Å². The van der Waals surface area contributed by atoms with Crippen LogP contribution in [0.1, 0.15) is 24.9 Å². The Morgan fingerprint density at radius 2 is 2.00 bits per heavy atom. The number of benzene rings is 2. The van der Waals surface area contributed by atoms with Gasteiger partial charge in [0.25, 0.3) is 5.91 Å². The van der Waals surface area contributed by atoms with Crippen molar-refractivity contribution in [2.45, 2.75) is 31.5 Å². The monoisotopic (exact) mass is 325 g/mol. The predicted octanol–water partition coefficient (Wildman–Crippen LogP) is 1.59. The van der Waals surface area contributed by atoms with Crippen LogP contribution in [-0.4, -0.2) is 41.1 Å². The minimum atomic E-state index is -0.931. The molecule has 4 rings (SSSR count). The highest BCUT2D eigenvalue weighted by atomic mass is 16.3. The molecule has 2 aliphatic rings. The van der Waals surface area contributed by atoms with E-state index in [4.69, 9.17) is 0 Å². The molecule has 5 nitrogen and oxygen atoms in total. The lowest BCUT2D eigenvalue weighted by molar-refractivity contribution is -0.141. The zero-order valence-electron chi connectivity index (χ0n) is 13.8. The van der Waals surface area contributed by atoms with E-state index >= 15 is 0 Å². The zero-order valence-corrected chi connectivity index (χ0v) is 13.8. The summed E-state index contributed by atoms with van der Waals surface area (Å²) in [6.07, 6.45) is -0.0305. The largest absolute Gasteiger partial charge is 0.384 e. The minimum Gasteiger partial charge on any atom is -0.384 e. The number of nitrogens with one attached hydrogen (secondary N) is 2. The molecular formula is C19H23N3O2. The van der Waals surface area contributed by atoms with Crippen LogP contribution in [0.2, 0.25) is 0 Å². The molecule has 0 radical (unpaired) electrons. The second-order valence-electron chi connectivity index (χ2n) is 6.85. The summed E-state index contributed by atoms with van der Waals surface area (Å²) in [6.45, 7) is 2.91. The third kappa shape index (κ3) is 2.59. The Morgan fingerprint density at radius 1 is 1.21 bits per heavy atom. The Morgan fingerprint density at radius 3 is 2.83 bits per heavy atom. The van der Waals surface area contributed by atoms with Crippen LogP contribution in [0.25, 0.3) is 10.8 Å². The van der Waals surface area contributed by atoms with Crippen molar-refractivity contribution in [3.8, 4) is 0 Å². The van der Waals surface area contributed by atoms with E-state index in [1.807, 2.05) is 0 Å². The summed E-state index contributed by atoms with van der Waals surface area (Å²) in [5.74, 6) is 0.129. The number of fused-ring (bicyclic) bond motifs is 2. The van der Waals surface area contributed by atoms with Crippen molar-refractivity contribution in [2.75, 3.05) is 13.1 Å². The van der Waals surface area contributed by atoms with E-state index in [1.54, 1.807) is 11.8 Å². The summed E-state index contributed by atoms with van der Waals surface area (Å²) >= 11 is 0. The highest BCUT2D eigenvalue weighted by Crippen LogP contribution is 2.36. The van der Waals surface area contributed by atoms with Crippen LogP contribution in [0.4, 0.5) is 0 Å². The highest BCUT2D eigenvalue weighted by molar-refractivity contribution is 5.86. The molecule has 0 aromatic heterocycles. The number of hydrogen-bond donors (Lipinski definition) is 3. The van der Waals surface area contributed by atoms with Crippen molar-refractivity contribution in [2.24, 2.45) is 5.92 Å². The van der Waals surface area contributed by atoms with Crippen molar-refractivity contribution in [1.82, 2.24) is 15.8 Å². The average molecular weight is 325 g/mol. The van der Waals surface area contributed by atoms with Gasteiger partial charge in [0.2, 0.25) is 0 Å². The van der Waals surface area contributed by atoms with Gasteiger partial charge in [0, 0.05) is 25.0 Å². The molecular weight excluding hydrogens is 302 g/mol. The molecule has 2 fully saturated rings. The van der Waals surface area contributed by atoms with Gasteiger partial charge in [-0.2, -0.15) is 0 Å². The number of hydrogen-bond acceptors (Lipinski definition) is 4. The van der Waals surface area contributed by atoms with E-state index in [0.29, 0.717) is 25.0 Å². The third-order valence-corrected chi connectivity index (χ3v) is 5.34. The standard InChI is InChI=1S/C19H23N3O2/c1-12(23)19(24)22-10-9-17-16(11-22)18(21-20-17)15-8-4-6-13-5-2-3-7-14(13)15/h2-8,12,16-18,20-21,23H,9-11H2,1H3. The van der Waals surface area contributed by atoms with Crippen LogP contribution < -0.4 is 10.9 Å². The first kappa shape index (κ1) is 15.6. The van der Waals surface area contributed by atoms with Crippen molar-refractivity contribution in [3.05, 3.63) is 48.0 Å². The Kier molecular flexibility index (Phi) is 4.00. The molecule has 0 saturated carbocycles. The van der Waals surface area contributed by atoms with Crippen LogP contribution in [0.15, 0.2) is 42.5 Å². The maximum Gasteiger partial charge on any atom is 0.251 e. The Hall–Kier alpha value is -1.95. The molecule has 2 saturated heterocycles. The van der Waals surface area contributed by atoms with Crippen LogP contribution in [0.5, 0.6) is 0 Å². The normalized spacial score (nSPS) is 27.9. The van der Waals surface area contributed by atoms with Gasteiger partial charge in [-0.15, -0.1) is 0 Å². The van der Waals surface area contributed by atoms with Crippen molar-refractivity contribution in [1.29, 1.82) is 0 Å². The van der Waals surface area contributed by atoms with Gasteiger partial charge in [-0.05, 0) is 29.7 Å². The third-order valence-electron chi connectivity index (χ3n) is 5.34. The molecule has 5 heteroatoms. The molecule has 0 bridgehead atoms. The molecule has 0 aliphatic carbocycles. The van der Waals surface area contributed by atoms with Gasteiger partial charge in [0.1, 0.15) is 6.10 Å². The average Bonchev–Trinajstić information content (AvgIpc) is 3.03. The van der Waals surface area contributed by atoms with Crippen molar-refractivity contribution < 1.29 is 9.90 Å². The molecule has 2 heterocycles. The lowest BCUT2D eigenvalue weighted by Crippen LogP contribution is -2.50. The van der Waals surface area contributed by atoms with E-state index in [0.717, 1.165) is 6.42 Å². The first-order valence-corrected chi connectivity index (χ1v) is 8.60. The fourth-order valence-electron chi connectivity index (χ4n) is 4.10. The number of amides is 1. The SMILES string of the molecule is CC(O)C(=O)N1CCC2NNC(c3cccc4ccccc34)C2C1. The molecule has 126 valence electrons. The number of hydrazine groups is 1. The number of nitrogens with zero attached hydrogens (tertiary/aromatic N) is 1. The van der Waals surface area contributed by atoms with E-state index < -0.39 is 6.10 Å².